The Morgan fingerprint density at radius 3 is 2.06 bits per heavy atom. The molecule has 0 fully saturated rings. The minimum Gasteiger partial charge on any atom is -0.481 e. The predicted molar refractivity (Wildman–Crippen MR) is 52.5 cm³/mol. The third-order valence-corrected chi connectivity index (χ3v) is 2.10. The van der Waals surface area contributed by atoms with Gasteiger partial charge in [0.1, 0.15) is 17.2 Å². The van der Waals surface area contributed by atoms with Crippen molar-refractivity contribution in [3.8, 4) is 0 Å². The second-order valence-electron chi connectivity index (χ2n) is 3.37. The Morgan fingerprint density at radius 1 is 1.24 bits per heavy atom. The van der Waals surface area contributed by atoms with Crippen LogP contribution in [0.4, 0.5) is 8.78 Å². The molecule has 0 bridgehead atoms. The van der Waals surface area contributed by atoms with E-state index >= 15 is 0 Å². The van der Waals surface area contributed by atoms with Crippen LogP contribution in [0, 0.1) is 11.6 Å². The van der Waals surface area contributed by atoms with E-state index in [1.54, 1.807) is 0 Å². The number of benzene rings is 1. The van der Waals surface area contributed by atoms with E-state index in [1.165, 1.54) is 0 Å². The van der Waals surface area contributed by atoms with Crippen LogP contribution in [0.1, 0.15) is 28.4 Å². The molecule has 0 amide bonds. The van der Waals surface area contributed by atoms with Crippen LogP contribution in [-0.2, 0) is 4.79 Å². The van der Waals surface area contributed by atoms with Gasteiger partial charge in [0.25, 0.3) is 0 Å². The minimum atomic E-state index is -1.74. The number of aromatic carboxylic acids is 1. The topological polar surface area (TPSA) is 101 Å². The van der Waals surface area contributed by atoms with E-state index in [1.807, 2.05) is 0 Å². The van der Waals surface area contributed by atoms with Crippen molar-refractivity contribution in [3.63, 3.8) is 0 Å². The van der Waals surface area contributed by atoms with Gasteiger partial charge in [-0.1, -0.05) is 0 Å². The monoisotopic (exact) mass is 245 g/mol. The Morgan fingerprint density at radius 2 is 1.71 bits per heavy atom. The molecular weight excluding hydrogens is 236 g/mol. The van der Waals surface area contributed by atoms with Crippen LogP contribution in [0.5, 0.6) is 0 Å². The van der Waals surface area contributed by atoms with E-state index in [2.05, 4.69) is 0 Å². The standard InChI is InChI=1S/C10H9F2NO4/c11-5-1-4(7(13)3-8(14)15)2-6(12)9(5)10(16)17/h1-2,7H,3,13H2,(H,14,15)(H,16,17). The van der Waals surface area contributed by atoms with Crippen molar-refractivity contribution in [1.82, 2.24) is 0 Å². The Kier molecular flexibility index (Phi) is 3.74. The van der Waals surface area contributed by atoms with Crippen LogP contribution in [0.2, 0.25) is 0 Å². The maximum atomic E-state index is 13.2. The van der Waals surface area contributed by atoms with Crippen molar-refractivity contribution < 1.29 is 28.6 Å². The number of hydrogen-bond acceptors (Lipinski definition) is 3. The van der Waals surface area contributed by atoms with Crippen molar-refractivity contribution in [2.75, 3.05) is 0 Å². The first-order chi connectivity index (χ1) is 7.82. The minimum absolute atomic E-state index is 0.104. The zero-order valence-corrected chi connectivity index (χ0v) is 8.48. The number of rotatable bonds is 4. The summed E-state index contributed by atoms with van der Waals surface area (Å²) >= 11 is 0. The molecule has 0 saturated heterocycles. The molecule has 7 heteroatoms. The van der Waals surface area contributed by atoms with Gasteiger partial charge in [0.2, 0.25) is 0 Å². The van der Waals surface area contributed by atoms with E-state index in [9.17, 15) is 18.4 Å². The Bertz CT molecular complexity index is 452. The molecule has 17 heavy (non-hydrogen) atoms. The highest BCUT2D eigenvalue weighted by atomic mass is 19.1. The van der Waals surface area contributed by atoms with Crippen LogP contribution in [0.25, 0.3) is 0 Å². The highest BCUT2D eigenvalue weighted by Gasteiger charge is 2.20. The zero-order chi connectivity index (χ0) is 13.2. The molecule has 1 unspecified atom stereocenters. The molecule has 1 rings (SSSR count). The average molecular weight is 245 g/mol. The van der Waals surface area contributed by atoms with Gasteiger partial charge in [-0.05, 0) is 17.7 Å². The number of carboxylic acid groups (broad SMARTS) is 2. The summed E-state index contributed by atoms with van der Waals surface area (Å²) in [6, 6.07) is 0.347. The van der Waals surface area contributed by atoms with Gasteiger partial charge in [-0.2, -0.15) is 0 Å². The molecule has 0 aliphatic carbocycles. The summed E-state index contributed by atoms with van der Waals surface area (Å²) in [6.45, 7) is 0. The van der Waals surface area contributed by atoms with Crippen LogP contribution < -0.4 is 5.73 Å². The Balaban J connectivity index is 3.14. The van der Waals surface area contributed by atoms with Crippen molar-refractivity contribution in [1.29, 1.82) is 0 Å². The second-order valence-corrected chi connectivity index (χ2v) is 3.37. The van der Waals surface area contributed by atoms with Crippen LogP contribution >= 0.6 is 0 Å². The highest BCUT2D eigenvalue weighted by molar-refractivity contribution is 5.88. The van der Waals surface area contributed by atoms with E-state index in [-0.39, 0.29) is 5.56 Å². The molecule has 0 saturated carbocycles. The summed E-state index contributed by atoms with van der Waals surface area (Å²) in [4.78, 5) is 20.9. The summed E-state index contributed by atoms with van der Waals surface area (Å²) in [5.74, 6) is -5.53. The smallest absolute Gasteiger partial charge is 0.341 e. The molecule has 1 aromatic rings. The fourth-order valence-electron chi connectivity index (χ4n) is 1.32. The fourth-order valence-corrected chi connectivity index (χ4v) is 1.32. The first-order valence-electron chi connectivity index (χ1n) is 4.52. The number of carbonyl (C=O) groups is 2. The lowest BCUT2D eigenvalue weighted by Gasteiger charge is -2.10. The molecule has 0 heterocycles. The summed E-state index contributed by atoms with van der Waals surface area (Å²) in [6.07, 6.45) is -0.509. The lowest BCUT2D eigenvalue weighted by atomic mass is 10.0. The normalized spacial score (nSPS) is 12.2. The molecule has 5 nitrogen and oxygen atoms in total. The number of hydrogen-bond donors (Lipinski definition) is 3. The van der Waals surface area contributed by atoms with Gasteiger partial charge >= 0.3 is 11.9 Å². The van der Waals surface area contributed by atoms with Gasteiger partial charge < -0.3 is 15.9 Å². The summed E-state index contributed by atoms with van der Waals surface area (Å²) in [5, 5.41) is 17.0. The van der Waals surface area contributed by atoms with Gasteiger partial charge in [-0.3, -0.25) is 4.79 Å². The maximum Gasteiger partial charge on any atom is 0.341 e. The van der Waals surface area contributed by atoms with Crippen LogP contribution in [-0.4, -0.2) is 22.2 Å². The molecule has 0 radical (unpaired) electrons. The third kappa shape index (κ3) is 2.97. The highest BCUT2D eigenvalue weighted by Crippen LogP contribution is 2.21. The number of nitrogens with two attached hydrogens (primary N) is 1. The van der Waals surface area contributed by atoms with Gasteiger partial charge in [0.15, 0.2) is 0 Å². The molecular formula is C10H9F2NO4. The first kappa shape index (κ1) is 13.0. The van der Waals surface area contributed by atoms with Gasteiger partial charge in [0, 0.05) is 6.04 Å². The summed E-state index contributed by atoms with van der Waals surface area (Å²) in [5.41, 5.74) is 4.21. The van der Waals surface area contributed by atoms with E-state index in [0.717, 1.165) is 12.1 Å². The Hall–Kier alpha value is -2.02. The van der Waals surface area contributed by atoms with E-state index in [4.69, 9.17) is 15.9 Å². The molecule has 0 aliphatic rings. The molecule has 92 valence electrons. The van der Waals surface area contributed by atoms with Gasteiger partial charge in [0.05, 0.1) is 6.42 Å². The zero-order valence-electron chi connectivity index (χ0n) is 8.48. The number of carboxylic acids is 2. The van der Waals surface area contributed by atoms with Crippen LogP contribution in [0.3, 0.4) is 0 Å². The predicted octanol–water partition coefficient (Wildman–Crippen LogP) is 1.14. The van der Waals surface area contributed by atoms with Crippen molar-refractivity contribution >= 4 is 11.9 Å². The molecule has 1 aromatic carbocycles. The second kappa shape index (κ2) is 4.88. The quantitative estimate of drug-likeness (QED) is 0.738. The summed E-state index contributed by atoms with van der Waals surface area (Å²) < 4.78 is 26.5. The molecule has 0 spiro atoms. The van der Waals surface area contributed by atoms with Gasteiger partial charge in [-0.15, -0.1) is 0 Å². The van der Waals surface area contributed by atoms with E-state index < -0.39 is 41.6 Å². The first-order valence-corrected chi connectivity index (χ1v) is 4.52. The lowest BCUT2D eigenvalue weighted by Crippen LogP contribution is -2.16. The van der Waals surface area contributed by atoms with Gasteiger partial charge in [-0.25, -0.2) is 13.6 Å². The summed E-state index contributed by atoms with van der Waals surface area (Å²) in [7, 11) is 0. The average Bonchev–Trinajstić information content (AvgIpc) is 2.14. The Labute approximate surface area is 94.5 Å². The van der Waals surface area contributed by atoms with E-state index in [0.29, 0.717) is 0 Å². The SMILES string of the molecule is NC(CC(=O)O)c1cc(F)c(C(=O)O)c(F)c1. The molecule has 0 aromatic heterocycles. The molecule has 1 atom stereocenters. The fraction of sp³-hybridized carbons (Fsp3) is 0.200. The van der Waals surface area contributed by atoms with Crippen LogP contribution in [0.15, 0.2) is 12.1 Å². The largest absolute Gasteiger partial charge is 0.481 e. The third-order valence-electron chi connectivity index (χ3n) is 2.10. The number of aliphatic carboxylic acids is 1. The maximum absolute atomic E-state index is 13.2. The molecule has 0 aliphatic heterocycles. The lowest BCUT2D eigenvalue weighted by molar-refractivity contribution is -0.137. The number of halogens is 2. The molecule has 4 N–H and O–H groups in total. The van der Waals surface area contributed by atoms with Crippen molar-refractivity contribution in [2.24, 2.45) is 5.73 Å². The van der Waals surface area contributed by atoms with Crippen molar-refractivity contribution in [2.45, 2.75) is 12.5 Å². The van der Waals surface area contributed by atoms with Crippen molar-refractivity contribution in [3.05, 3.63) is 34.9 Å².